The summed E-state index contributed by atoms with van der Waals surface area (Å²) >= 11 is 0. The van der Waals surface area contributed by atoms with Gasteiger partial charge in [0, 0.05) is 31.4 Å². The Labute approximate surface area is 109 Å². The number of ether oxygens (including phenoxy) is 2. The summed E-state index contributed by atoms with van der Waals surface area (Å²) in [6.45, 7) is 9.38. The molecule has 1 aliphatic rings. The summed E-state index contributed by atoms with van der Waals surface area (Å²) in [6.07, 6.45) is 0. The van der Waals surface area contributed by atoms with Gasteiger partial charge in [-0.25, -0.2) is 0 Å². The number of morpholine rings is 1. The first kappa shape index (κ1) is 13.2. The van der Waals surface area contributed by atoms with Gasteiger partial charge >= 0.3 is 0 Å². The number of hydrogen-bond acceptors (Lipinski definition) is 4. The first-order valence-corrected chi connectivity index (χ1v) is 6.46. The molecule has 0 aromatic heterocycles. The second-order valence-corrected chi connectivity index (χ2v) is 4.76. The van der Waals surface area contributed by atoms with Gasteiger partial charge in [0.2, 0.25) is 0 Å². The largest absolute Gasteiger partial charge is 0.492 e. The van der Waals surface area contributed by atoms with E-state index in [0.717, 1.165) is 49.8 Å². The van der Waals surface area contributed by atoms with E-state index in [0.29, 0.717) is 6.61 Å². The zero-order chi connectivity index (χ0) is 13.0. The Kier molecular flexibility index (Phi) is 4.44. The fraction of sp³-hybridized carbons (Fsp3) is 0.571. The SMILES string of the molecule is Cc1cc(OCCN2CCOCC2)cc(N)c1C. The normalized spacial score (nSPS) is 16.8. The molecule has 1 aliphatic heterocycles. The molecule has 0 spiro atoms. The lowest BCUT2D eigenvalue weighted by molar-refractivity contribution is 0.0322. The molecule has 100 valence electrons. The Morgan fingerprint density at radius 1 is 1.28 bits per heavy atom. The van der Waals surface area contributed by atoms with Crippen molar-refractivity contribution in [1.82, 2.24) is 4.90 Å². The minimum atomic E-state index is 0.696. The predicted octanol–water partition coefficient (Wildman–Crippen LogP) is 1.60. The molecule has 4 nitrogen and oxygen atoms in total. The van der Waals surface area contributed by atoms with Gasteiger partial charge < -0.3 is 15.2 Å². The maximum absolute atomic E-state index is 5.93. The summed E-state index contributed by atoms with van der Waals surface area (Å²) in [7, 11) is 0. The van der Waals surface area contributed by atoms with Crippen molar-refractivity contribution in [2.45, 2.75) is 13.8 Å². The van der Waals surface area contributed by atoms with Gasteiger partial charge in [0.05, 0.1) is 13.2 Å². The fourth-order valence-corrected chi connectivity index (χ4v) is 2.05. The van der Waals surface area contributed by atoms with E-state index in [1.54, 1.807) is 0 Å². The molecule has 2 rings (SSSR count). The van der Waals surface area contributed by atoms with Gasteiger partial charge in [-0.05, 0) is 31.0 Å². The molecule has 4 heteroatoms. The Morgan fingerprint density at radius 2 is 2.00 bits per heavy atom. The van der Waals surface area contributed by atoms with Crippen LogP contribution < -0.4 is 10.5 Å². The van der Waals surface area contributed by atoms with Crippen LogP contribution in [-0.4, -0.2) is 44.4 Å². The molecule has 2 N–H and O–H groups in total. The third-order valence-corrected chi connectivity index (χ3v) is 3.46. The van der Waals surface area contributed by atoms with Crippen LogP contribution in [0.5, 0.6) is 5.75 Å². The highest BCUT2D eigenvalue weighted by Crippen LogP contribution is 2.23. The van der Waals surface area contributed by atoms with Crippen molar-refractivity contribution in [3.8, 4) is 5.75 Å². The molecule has 1 aromatic rings. The van der Waals surface area contributed by atoms with Crippen LogP contribution in [0.15, 0.2) is 12.1 Å². The van der Waals surface area contributed by atoms with Gasteiger partial charge in [-0.3, -0.25) is 4.90 Å². The molecule has 0 amide bonds. The first-order chi connectivity index (χ1) is 8.66. The van der Waals surface area contributed by atoms with Gasteiger partial charge in [-0.2, -0.15) is 0 Å². The van der Waals surface area contributed by atoms with E-state index >= 15 is 0 Å². The van der Waals surface area contributed by atoms with Crippen molar-refractivity contribution in [1.29, 1.82) is 0 Å². The van der Waals surface area contributed by atoms with E-state index < -0.39 is 0 Å². The third kappa shape index (κ3) is 3.37. The monoisotopic (exact) mass is 250 g/mol. The molecule has 1 heterocycles. The molecular formula is C14H22N2O2. The molecular weight excluding hydrogens is 228 g/mol. The van der Waals surface area contributed by atoms with E-state index in [1.807, 2.05) is 19.1 Å². The number of rotatable bonds is 4. The number of nitrogen functional groups attached to an aromatic ring is 1. The lowest BCUT2D eigenvalue weighted by atomic mass is 10.1. The second-order valence-electron chi connectivity index (χ2n) is 4.76. The van der Waals surface area contributed by atoms with E-state index in [4.69, 9.17) is 15.2 Å². The number of nitrogens with zero attached hydrogens (tertiary/aromatic N) is 1. The van der Waals surface area contributed by atoms with Gasteiger partial charge in [-0.1, -0.05) is 0 Å². The number of benzene rings is 1. The predicted molar refractivity (Wildman–Crippen MR) is 73.1 cm³/mol. The van der Waals surface area contributed by atoms with E-state index in [9.17, 15) is 0 Å². The smallest absolute Gasteiger partial charge is 0.121 e. The van der Waals surface area contributed by atoms with Gasteiger partial charge in [-0.15, -0.1) is 0 Å². The lowest BCUT2D eigenvalue weighted by Gasteiger charge is -2.26. The summed E-state index contributed by atoms with van der Waals surface area (Å²) in [5.74, 6) is 0.865. The van der Waals surface area contributed by atoms with Crippen molar-refractivity contribution < 1.29 is 9.47 Å². The average molecular weight is 250 g/mol. The zero-order valence-electron chi connectivity index (χ0n) is 11.2. The van der Waals surface area contributed by atoms with Crippen LogP contribution in [0.25, 0.3) is 0 Å². The summed E-state index contributed by atoms with van der Waals surface area (Å²) in [5, 5.41) is 0. The first-order valence-electron chi connectivity index (χ1n) is 6.46. The van der Waals surface area contributed by atoms with Gasteiger partial charge in [0.25, 0.3) is 0 Å². The molecule has 1 aromatic carbocycles. The number of hydrogen-bond donors (Lipinski definition) is 1. The van der Waals surface area contributed by atoms with Crippen LogP contribution in [0.4, 0.5) is 5.69 Å². The molecule has 1 fully saturated rings. The Morgan fingerprint density at radius 3 is 2.67 bits per heavy atom. The third-order valence-electron chi connectivity index (χ3n) is 3.46. The minimum Gasteiger partial charge on any atom is -0.492 e. The highest BCUT2D eigenvalue weighted by Gasteiger charge is 2.10. The summed E-state index contributed by atoms with van der Waals surface area (Å²) < 4.78 is 11.1. The van der Waals surface area contributed by atoms with Crippen LogP contribution in [0.1, 0.15) is 11.1 Å². The molecule has 0 bridgehead atoms. The number of aryl methyl sites for hydroxylation is 1. The topological polar surface area (TPSA) is 47.7 Å². The zero-order valence-corrected chi connectivity index (χ0v) is 11.2. The highest BCUT2D eigenvalue weighted by molar-refractivity contribution is 5.54. The summed E-state index contributed by atoms with van der Waals surface area (Å²) in [4.78, 5) is 2.36. The molecule has 18 heavy (non-hydrogen) atoms. The van der Waals surface area contributed by atoms with Crippen LogP contribution in [0.3, 0.4) is 0 Å². The van der Waals surface area contributed by atoms with Crippen LogP contribution in [-0.2, 0) is 4.74 Å². The van der Waals surface area contributed by atoms with Crippen molar-refractivity contribution in [3.63, 3.8) is 0 Å². The maximum atomic E-state index is 5.93. The van der Waals surface area contributed by atoms with E-state index in [1.165, 1.54) is 5.56 Å². The second kappa shape index (κ2) is 6.07. The molecule has 1 saturated heterocycles. The minimum absolute atomic E-state index is 0.696. The van der Waals surface area contributed by atoms with E-state index in [-0.39, 0.29) is 0 Å². The van der Waals surface area contributed by atoms with Crippen molar-refractivity contribution in [2.24, 2.45) is 0 Å². The quantitative estimate of drug-likeness (QED) is 0.825. The van der Waals surface area contributed by atoms with Gasteiger partial charge in [0.1, 0.15) is 12.4 Å². The Balaban J connectivity index is 1.82. The molecule has 0 saturated carbocycles. The lowest BCUT2D eigenvalue weighted by Crippen LogP contribution is -2.38. The molecule has 0 aliphatic carbocycles. The van der Waals surface area contributed by atoms with Crippen LogP contribution in [0, 0.1) is 13.8 Å². The van der Waals surface area contributed by atoms with Crippen LogP contribution in [0.2, 0.25) is 0 Å². The summed E-state index contributed by atoms with van der Waals surface area (Å²) in [5.41, 5.74) is 9.04. The average Bonchev–Trinajstić information content (AvgIpc) is 2.37. The van der Waals surface area contributed by atoms with Crippen molar-refractivity contribution in [2.75, 3.05) is 45.2 Å². The fourth-order valence-electron chi connectivity index (χ4n) is 2.05. The number of nitrogens with two attached hydrogens (primary N) is 1. The van der Waals surface area contributed by atoms with E-state index in [2.05, 4.69) is 11.8 Å². The maximum Gasteiger partial charge on any atom is 0.121 e. The Hall–Kier alpha value is -1.26. The van der Waals surface area contributed by atoms with Crippen molar-refractivity contribution >= 4 is 5.69 Å². The van der Waals surface area contributed by atoms with Crippen molar-refractivity contribution in [3.05, 3.63) is 23.3 Å². The standard InChI is InChI=1S/C14H22N2O2/c1-11-9-13(10-14(15)12(11)2)18-8-5-16-3-6-17-7-4-16/h9-10H,3-8,15H2,1-2H3. The van der Waals surface area contributed by atoms with Gasteiger partial charge in [0.15, 0.2) is 0 Å². The number of anilines is 1. The Bertz CT molecular complexity index is 378. The molecule has 0 atom stereocenters. The van der Waals surface area contributed by atoms with Crippen LogP contribution >= 0.6 is 0 Å². The summed E-state index contributed by atoms with van der Waals surface area (Å²) in [6, 6.07) is 3.95. The molecule has 0 radical (unpaired) electrons. The molecule has 0 unspecified atom stereocenters. The highest BCUT2D eigenvalue weighted by atomic mass is 16.5.